The van der Waals surface area contributed by atoms with Crippen LogP contribution in [0.2, 0.25) is 0 Å². The van der Waals surface area contributed by atoms with Crippen LogP contribution in [0.25, 0.3) is 10.9 Å². The van der Waals surface area contributed by atoms with Crippen LogP contribution in [0, 0.1) is 13.8 Å². The Kier molecular flexibility index (Phi) is 1.65. The first-order chi connectivity index (χ1) is 6.18. The predicted molar refractivity (Wildman–Crippen MR) is 53.4 cm³/mol. The van der Waals surface area contributed by atoms with Crippen molar-refractivity contribution >= 4 is 16.9 Å². The summed E-state index contributed by atoms with van der Waals surface area (Å²) in [6, 6.07) is 5.98. The van der Waals surface area contributed by atoms with Gasteiger partial charge in [0, 0.05) is 5.39 Å². The molecule has 0 saturated carbocycles. The average Bonchev–Trinajstić information content (AvgIpc) is 2.02. The molecular formula is C10H11N3. The van der Waals surface area contributed by atoms with Crippen molar-refractivity contribution in [2.24, 2.45) is 0 Å². The highest BCUT2D eigenvalue weighted by Crippen LogP contribution is 2.19. The molecule has 0 saturated heterocycles. The van der Waals surface area contributed by atoms with Crippen LogP contribution in [0.15, 0.2) is 18.2 Å². The molecule has 66 valence electrons. The maximum atomic E-state index is 5.55. The van der Waals surface area contributed by atoms with E-state index in [4.69, 9.17) is 5.73 Å². The fraction of sp³-hybridized carbons (Fsp3) is 0.200. The van der Waals surface area contributed by atoms with Crippen LogP contribution in [0.5, 0.6) is 0 Å². The molecule has 0 aliphatic heterocycles. The highest BCUT2D eigenvalue weighted by molar-refractivity contribution is 5.84. The van der Waals surface area contributed by atoms with E-state index in [1.165, 1.54) is 5.56 Å². The number of hydrogen-bond donors (Lipinski definition) is 1. The molecule has 0 fully saturated rings. The van der Waals surface area contributed by atoms with Crippen molar-refractivity contribution in [3.05, 3.63) is 29.5 Å². The van der Waals surface area contributed by atoms with Crippen LogP contribution in [-0.4, -0.2) is 9.97 Å². The number of nitrogens with zero attached hydrogens (tertiary/aromatic N) is 2. The fourth-order valence-corrected chi connectivity index (χ4v) is 1.59. The van der Waals surface area contributed by atoms with Crippen molar-refractivity contribution in [1.29, 1.82) is 0 Å². The third kappa shape index (κ3) is 1.22. The van der Waals surface area contributed by atoms with E-state index >= 15 is 0 Å². The monoisotopic (exact) mass is 173 g/mol. The molecule has 0 aliphatic carbocycles. The number of benzene rings is 1. The SMILES string of the molecule is Cc1cccc2nc(N)nc(C)c12. The highest BCUT2D eigenvalue weighted by atomic mass is 15.0. The Hall–Kier alpha value is -1.64. The Morgan fingerprint density at radius 1 is 1.15 bits per heavy atom. The summed E-state index contributed by atoms with van der Waals surface area (Å²) in [5.41, 5.74) is 8.61. The lowest BCUT2D eigenvalue weighted by Crippen LogP contribution is -1.98. The Morgan fingerprint density at radius 3 is 2.69 bits per heavy atom. The van der Waals surface area contributed by atoms with Crippen LogP contribution in [-0.2, 0) is 0 Å². The minimum absolute atomic E-state index is 0.343. The van der Waals surface area contributed by atoms with Gasteiger partial charge < -0.3 is 5.73 Å². The van der Waals surface area contributed by atoms with Gasteiger partial charge in [0.05, 0.1) is 11.2 Å². The molecule has 2 N–H and O–H groups in total. The molecule has 1 aromatic carbocycles. The topological polar surface area (TPSA) is 51.8 Å². The van der Waals surface area contributed by atoms with E-state index in [-0.39, 0.29) is 0 Å². The molecule has 13 heavy (non-hydrogen) atoms. The zero-order valence-corrected chi connectivity index (χ0v) is 7.70. The smallest absolute Gasteiger partial charge is 0.220 e. The summed E-state index contributed by atoms with van der Waals surface area (Å²) in [5, 5.41) is 1.11. The molecule has 0 atom stereocenters. The van der Waals surface area contributed by atoms with Crippen LogP contribution in [0.4, 0.5) is 5.95 Å². The predicted octanol–water partition coefficient (Wildman–Crippen LogP) is 1.83. The van der Waals surface area contributed by atoms with Crippen molar-refractivity contribution in [3.8, 4) is 0 Å². The summed E-state index contributed by atoms with van der Waals surface area (Å²) >= 11 is 0. The lowest BCUT2D eigenvalue weighted by atomic mass is 10.1. The van der Waals surface area contributed by atoms with Crippen LogP contribution in [0.3, 0.4) is 0 Å². The maximum absolute atomic E-state index is 5.55. The molecule has 0 amide bonds. The minimum Gasteiger partial charge on any atom is -0.368 e. The van der Waals surface area contributed by atoms with Gasteiger partial charge in [0.2, 0.25) is 5.95 Å². The van der Waals surface area contributed by atoms with E-state index in [2.05, 4.69) is 23.0 Å². The number of rotatable bonds is 0. The fourth-order valence-electron chi connectivity index (χ4n) is 1.59. The first kappa shape index (κ1) is 7.98. The molecule has 0 radical (unpaired) electrons. The molecule has 0 aliphatic rings. The molecule has 0 unspecified atom stereocenters. The molecule has 1 heterocycles. The van der Waals surface area contributed by atoms with Gasteiger partial charge >= 0.3 is 0 Å². The number of hydrogen-bond acceptors (Lipinski definition) is 3. The largest absolute Gasteiger partial charge is 0.368 e. The van der Waals surface area contributed by atoms with Gasteiger partial charge in [-0.1, -0.05) is 12.1 Å². The third-order valence-electron chi connectivity index (χ3n) is 2.13. The van der Waals surface area contributed by atoms with Crippen LogP contribution in [0.1, 0.15) is 11.3 Å². The van der Waals surface area contributed by atoms with Crippen LogP contribution < -0.4 is 5.73 Å². The number of nitrogens with two attached hydrogens (primary N) is 1. The summed E-state index contributed by atoms with van der Waals surface area (Å²) in [6.45, 7) is 4.00. The standard InChI is InChI=1S/C10H11N3/c1-6-4-3-5-8-9(6)7(2)12-10(11)13-8/h3-5H,1-2H3,(H2,11,12,13). The van der Waals surface area contributed by atoms with Gasteiger partial charge in [0.15, 0.2) is 0 Å². The van der Waals surface area contributed by atoms with Crippen molar-refractivity contribution in [1.82, 2.24) is 9.97 Å². The first-order valence-corrected chi connectivity index (χ1v) is 4.18. The van der Waals surface area contributed by atoms with Crippen molar-refractivity contribution in [2.75, 3.05) is 5.73 Å². The summed E-state index contributed by atoms with van der Waals surface area (Å²) in [4.78, 5) is 8.29. The van der Waals surface area contributed by atoms with Gasteiger partial charge in [-0.2, -0.15) is 0 Å². The van der Waals surface area contributed by atoms with Crippen molar-refractivity contribution < 1.29 is 0 Å². The van der Waals surface area contributed by atoms with Gasteiger partial charge in [-0.3, -0.25) is 0 Å². The van der Waals surface area contributed by atoms with Gasteiger partial charge in [-0.15, -0.1) is 0 Å². The van der Waals surface area contributed by atoms with E-state index in [9.17, 15) is 0 Å². The first-order valence-electron chi connectivity index (χ1n) is 4.18. The van der Waals surface area contributed by atoms with E-state index < -0.39 is 0 Å². The quantitative estimate of drug-likeness (QED) is 0.661. The van der Waals surface area contributed by atoms with Gasteiger partial charge in [-0.25, -0.2) is 9.97 Å². The molecule has 1 aromatic heterocycles. The second-order valence-corrected chi connectivity index (χ2v) is 3.14. The molecular weight excluding hydrogens is 162 g/mol. The third-order valence-corrected chi connectivity index (χ3v) is 2.13. The van der Waals surface area contributed by atoms with E-state index in [0.717, 1.165) is 16.6 Å². The Balaban J connectivity index is 2.94. The lowest BCUT2D eigenvalue weighted by molar-refractivity contribution is 1.16. The molecule has 2 aromatic rings. The summed E-state index contributed by atoms with van der Waals surface area (Å²) in [6.07, 6.45) is 0. The van der Waals surface area contributed by atoms with Crippen molar-refractivity contribution in [2.45, 2.75) is 13.8 Å². The zero-order chi connectivity index (χ0) is 9.42. The van der Waals surface area contributed by atoms with Gasteiger partial charge in [-0.05, 0) is 25.5 Å². The summed E-state index contributed by atoms with van der Waals surface area (Å²) in [5.74, 6) is 0.343. The maximum Gasteiger partial charge on any atom is 0.220 e. The van der Waals surface area contributed by atoms with E-state index in [0.29, 0.717) is 5.95 Å². The minimum atomic E-state index is 0.343. The molecule has 0 spiro atoms. The Morgan fingerprint density at radius 2 is 1.92 bits per heavy atom. The van der Waals surface area contributed by atoms with E-state index in [1.54, 1.807) is 0 Å². The second kappa shape index (κ2) is 2.69. The van der Waals surface area contributed by atoms with E-state index in [1.807, 2.05) is 19.1 Å². The highest BCUT2D eigenvalue weighted by Gasteiger charge is 2.03. The Labute approximate surface area is 76.6 Å². The Bertz CT molecular complexity index is 463. The second-order valence-electron chi connectivity index (χ2n) is 3.14. The number of anilines is 1. The number of aromatic nitrogens is 2. The number of aryl methyl sites for hydroxylation is 2. The molecule has 3 heteroatoms. The average molecular weight is 173 g/mol. The molecule has 0 bridgehead atoms. The zero-order valence-electron chi connectivity index (χ0n) is 7.70. The van der Waals surface area contributed by atoms with Gasteiger partial charge in [0.1, 0.15) is 0 Å². The normalized spacial score (nSPS) is 10.6. The summed E-state index contributed by atoms with van der Waals surface area (Å²) in [7, 11) is 0. The molecule has 3 nitrogen and oxygen atoms in total. The lowest BCUT2D eigenvalue weighted by Gasteiger charge is -2.04. The number of nitrogen functional groups attached to an aromatic ring is 1. The van der Waals surface area contributed by atoms with Gasteiger partial charge in [0.25, 0.3) is 0 Å². The van der Waals surface area contributed by atoms with Crippen molar-refractivity contribution in [3.63, 3.8) is 0 Å². The van der Waals surface area contributed by atoms with Crippen LogP contribution >= 0.6 is 0 Å². The molecule has 2 rings (SSSR count). The number of fused-ring (bicyclic) bond motifs is 1. The summed E-state index contributed by atoms with van der Waals surface area (Å²) < 4.78 is 0.